The second-order valence-corrected chi connectivity index (χ2v) is 6.16. The highest BCUT2D eigenvalue weighted by molar-refractivity contribution is 7.17. The Bertz CT molecular complexity index is 798. The number of benzene rings is 2. The molecule has 0 amide bonds. The minimum atomic E-state index is 0.958. The van der Waals surface area contributed by atoms with Crippen molar-refractivity contribution in [3.05, 3.63) is 71.1 Å². The monoisotopic (exact) mass is 293 g/mol. The van der Waals surface area contributed by atoms with E-state index in [4.69, 9.17) is 0 Å². The van der Waals surface area contributed by atoms with Gasteiger partial charge in [-0.1, -0.05) is 43.8 Å². The Morgan fingerprint density at radius 3 is 2.76 bits per heavy atom. The highest BCUT2D eigenvalue weighted by atomic mass is 32.1. The van der Waals surface area contributed by atoms with E-state index < -0.39 is 0 Å². The standard InChI is InChI=1S/C19H19NS/c1-4-15-9-10-18(13(2)11-15)20-14(3)17-12-21-19-8-6-5-7-16(17)19/h5-12,20H,3-4H2,1-2H3. The maximum Gasteiger partial charge on any atom is 0.0414 e. The maximum atomic E-state index is 4.22. The molecule has 3 aromatic rings. The number of aryl methyl sites for hydroxylation is 2. The fraction of sp³-hybridized carbons (Fsp3) is 0.158. The van der Waals surface area contributed by atoms with E-state index >= 15 is 0 Å². The van der Waals surface area contributed by atoms with Gasteiger partial charge in [-0.15, -0.1) is 11.3 Å². The largest absolute Gasteiger partial charge is 0.355 e. The minimum Gasteiger partial charge on any atom is -0.355 e. The van der Waals surface area contributed by atoms with Crippen LogP contribution in [0.15, 0.2) is 54.4 Å². The van der Waals surface area contributed by atoms with Gasteiger partial charge in [0.05, 0.1) is 0 Å². The van der Waals surface area contributed by atoms with E-state index in [1.807, 2.05) is 0 Å². The highest BCUT2D eigenvalue weighted by Gasteiger charge is 2.08. The molecule has 0 unspecified atom stereocenters. The third-order valence-electron chi connectivity index (χ3n) is 3.79. The first-order valence-corrected chi connectivity index (χ1v) is 8.09. The predicted molar refractivity (Wildman–Crippen MR) is 95.0 cm³/mol. The lowest BCUT2D eigenvalue weighted by atomic mass is 10.1. The fourth-order valence-corrected chi connectivity index (χ4v) is 3.50. The van der Waals surface area contributed by atoms with Gasteiger partial charge in [0, 0.05) is 32.4 Å². The predicted octanol–water partition coefficient (Wildman–Crippen LogP) is 5.85. The zero-order valence-corrected chi connectivity index (χ0v) is 13.3. The molecular formula is C19H19NS. The van der Waals surface area contributed by atoms with Gasteiger partial charge in [-0.2, -0.15) is 0 Å². The van der Waals surface area contributed by atoms with Crippen molar-refractivity contribution in [2.24, 2.45) is 0 Å². The van der Waals surface area contributed by atoms with Gasteiger partial charge in [-0.25, -0.2) is 0 Å². The van der Waals surface area contributed by atoms with E-state index in [-0.39, 0.29) is 0 Å². The average molecular weight is 293 g/mol. The second-order valence-electron chi connectivity index (χ2n) is 5.25. The molecule has 0 aliphatic heterocycles. The molecule has 0 radical (unpaired) electrons. The minimum absolute atomic E-state index is 0.958. The molecule has 0 atom stereocenters. The fourth-order valence-electron chi connectivity index (χ4n) is 2.53. The van der Waals surface area contributed by atoms with Crippen LogP contribution in [0.2, 0.25) is 0 Å². The molecule has 2 aromatic carbocycles. The summed E-state index contributed by atoms with van der Waals surface area (Å²) < 4.78 is 1.30. The summed E-state index contributed by atoms with van der Waals surface area (Å²) in [5.41, 5.74) is 5.90. The van der Waals surface area contributed by atoms with Gasteiger partial charge in [-0.3, -0.25) is 0 Å². The summed E-state index contributed by atoms with van der Waals surface area (Å²) in [6, 6.07) is 15.0. The zero-order chi connectivity index (χ0) is 14.8. The van der Waals surface area contributed by atoms with E-state index in [2.05, 4.69) is 73.6 Å². The van der Waals surface area contributed by atoms with Crippen LogP contribution in [0.25, 0.3) is 15.8 Å². The molecule has 0 saturated carbocycles. The molecule has 1 aromatic heterocycles. The van der Waals surface area contributed by atoms with E-state index in [1.165, 1.54) is 26.8 Å². The van der Waals surface area contributed by atoms with Gasteiger partial charge < -0.3 is 5.32 Å². The zero-order valence-electron chi connectivity index (χ0n) is 12.4. The highest BCUT2D eigenvalue weighted by Crippen LogP contribution is 2.31. The Hall–Kier alpha value is -2.06. The number of thiophene rings is 1. The van der Waals surface area contributed by atoms with Crippen molar-refractivity contribution in [3.63, 3.8) is 0 Å². The molecule has 0 saturated heterocycles. The van der Waals surface area contributed by atoms with Crippen molar-refractivity contribution < 1.29 is 0 Å². The summed E-state index contributed by atoms with van der Waals surface area (Å²) in [6.07, 6.45) is 1.07. The summed E-state index contributed by atoms with van der Waals surface area (Å²) in [4.78, 5) is 0. The first kappa shape index (κ1) is 13.9. The summed E-state index contributed by atoms with van der Waals surface area (Å²) in [7, 11) is 0. The number of hydrogen-bond acceptors (Lipinski definition) is 2. The van der Waals surface area contributed by atoms with Crippen LogP contribution in [0, 0.1) is 6.92 Å². The van der Waals surface area contributed by atoms with Crippen molar-refractivity contribution in [1.29, 1.82) is 0 Å². The normalized spacial score (nSPS) is 10.8. The van der Waals surface area contributed by atoms with Gasteiger partial charge in [-0.05, 0) is 36.6 Å². The third kappa shape index (κ3) is 2.72. The van der Waals surface area contributed by atoms with Crippen LogP contribution in [0.5, 0.6) is 0 Å². The van der Waals surface area contributed by atoms with Crippen LogP contribution < -0.4 is 5.32 Å². The van der Waals surface area contributed by atoms with Gasteiger partial charge >= 0.3 is 0 Å². The van der Waals surface area contributed by atoms with E-state index in [9.17, 15) is 0 Å². The number of rotatable bonds is 4. The SMILES string of the molecule is C=C(Nc1ccc(CC)cc1C)c1csc2ccccc12. The first-order valence-electron chi connectivity index (χ1n) is 7.21. The Morgan fingerprint density at radius 2 is 2.00 bits per heavy atom. The van der Waals surface area contributed by atoms with Crippen molar-refractivity contribution in [1.82, 2.24) is 0 Å². The molecular weight excluding hydrogens is 274 g/mol. The number of hydrogen-bond donors (Lipinski definition) is 1. The molecule has 1 heterocycles. The molecule has 0 bridgehead atoms. The van der Waals surface area contributed by atoms with Crippen LogP contribution in [0.4, 0.5) is 5.69 Å². The summed E-state index contributed by atoms with van der Waals surface area (Å²) >= 11 is 1.76. The summed E-state index contributed by atoms with van der Waals surface area (Å²) in [6.45, 7) is 8.54. The van der Waals surface area contributed by atoms with Crippen LogP contribution in [0.3, 0.4) is 0 Å². The van der Waals surface area contributed by atoms with Gasteiger partial charge in [0.15, 0.2) is 0 Å². The van der Waals surface area contributed by atoms with Gasteiger partial charge in [0.2, 0.25) is 0 Å². The Balaban J connectivity index is 1.90. The van der Waals surface area contributed by atoms with E-state index in [0.29, 0.717) is 0 Å². The molecule has 0 spiro atoms. The maximum absolute atomic E-state index is 4.22. The molecule has 0 aliphatic rings. The molecule has 21 heavy (non-hydrogen) atoms. The molecule has 3 rings (SSSR count). The lowest BCUT2D eigenvalue weighted by Crippen LogP contribution is -1.99. The molecule has 1 N–H and O–H groups in total. The lowest BCUT2D eigenvalue weighted by molar-refractivity contribution is 1.13. The second kappa shape index (κ2) is 5.74. The van der Waals surface area contributed by atoms with Crippen LogP contribution >= 0.6 is 11.3 Å². The third-order valence-corrected chi connectivity index (χ3v) is 4.75. The quantitative estimate of drug-likeness (QED) is 0.635. The summed E-state index contributed by atoms with van der Waals surface area (Å²) in [5.74, 6) is 0. The lowest BCUT2D eigenvalue weighted by Gasteiger charge is -2.13. The Labute approximate surface area is 129 Å². The summed E-state index contributed by atoms with van der Waals surface area (Å²) in [5, 5.41) is 6.91. The first-order chi connectivity index (χ1) is 10.2. The van der Waals surface area contributed by atoms with Crippen molar-refractivity contribution in [2.75, 3.05) is 5.32 Å². The molecule has 106 valence electrons. The molecule has 2 heteroatoms. The van der Waals surface area contributed by atoms with Crippen LogP contribution in [-0.4, -0.2) is 0 Å². The van der Waals surface area contributed by atoms with Crippen LogP contribution in [0.1, 0.15) is 23.6 Å². The smallest absolute Gasteiger partial charge is 0.0414 e. The van der Waals surface area contributed by atoms with Crippen LogP contribution in [-0.2, 0) is 6.42 Å². The average Bonchev–Trinajstić information content (AvgIpc) is 2.93. The van der Waals surface area contributed by atoms with Crippen molar-refractivity contribution in [3.8, 4) is 0 Å². The molecule has 0 fully saturated rings. The number of anilines is 1. The molecule has 1 nitrogen and oxygen atoms in total. The number of fused-ring (bicyclic) bond motifs is 1. The van der Waals surface area contributed by atoms with E-state index in [0.717, 1.165) is 17.8 Å². The number of nitrogens with one attached hydrogen (secondary N) is 1. The Kier molecular flexibility index (Phi) is 3.80. The van der Waals surface area contributed by atoms with Gasteiger partial charge in [0.25, 0.3) is 0 Å². The topological polar surface area (TPSA) is 12.0 Å². The molecule has 0 aliphatic carbocycles. The Morgan fingerprint density at radius 1 is 1.19 bits per heavy atom. The van der Waals surface area contributed by atoms with Crippen molar-refractivity contribution >= 4 is 32.8 Å². The van der Waals surface area contributed by atoms with Gasteiger partial charge in [0.1, 0.15) is 0 Å². The van der Waals surface area contributed by atoms with Crippen molar-refractivity contribution in [2.45, 2.75) is 20.3 Å². The van der Waals surface area contributed by atoms with E-state index in [1.54, 1.807) is 11.3 Å².